The summed E-state index contributed by atoms with van der Waals surface area (Å²) in [6, 6.07) is 0.647. The van der Waals surface area contributed by atoms with Crippen LogP contribution in [0.25, 0.3) is 0 Å². The van der Waals surface area contributed by atoms with Gasteiger partial charge in [0.2, 0.25) is 0 Å². The van der Waals surface area contributed by atoms with Gasteiger partial charge < -0.3 is 5.32 Å². The van der Waals surface area contributed by atoms with E-state index in [9.17, 15) is 0 Å². The zero-order chi connectivity index (χ0) is 9.19. The maximum Gasteiger partial charge on any atom is 0.00104 e. The third-order valence-electron chi connectivity index (χ3n) is 2.89. The van der Waals surface area contributed by atoms with Crippen molar-refractivity contribution in [3.05, 3.63) is 0 Å². The predicted octanol–water partition coefficient (Wildman–Crippen LogP) is 2.81. The molecule has 1 atom stereocenters. The second-order valence-corrected chi connectivity index (χ2v) is 5.34. The standard InChI is InChI=1S/C11H23N/c1-9(2)12-8-10-5-6-11(3,4)7-10/h9-10,12H,5-8H2,1-4H3. The molecule has 0 bridgehead atoms. The molecule has 0 amide bonds. The fraction of sp³-hybridized carbons (Fsp3) is 1.00. The number of hydrogen-bond donors (Lipinski definition) is 1. The second-order valence-electron chi connectivity index (χ2n) is 5.34. The molecule has 0 aromatic carbocycles. The van der Waals surface area contributed by atoms with Gasteiger partial charge in [-0.2, -0.15) is 0 Å². The minimum absolute atomic E-state index is 0.614. The van der Waals surface area contributed by atoms with Gasteiger partial charge in [-0.3, -0.25) is 0 Å². The molecule has 0 spiro atoms. The maximum atomic E-state index is 3.53. The van der Waals surface area contributed by atoms with E-state index in [-0.39, 0.29) is 0 Å². The lowest BCUT2D eigenvalue weighted by atomic mass is 9.90. The second kappa shape index (κ2) is 3.78. The van der Waals surface area contributed by atoms with Crippen molar-refractivity contribution in [2.75, 3.05) is 6.54 Å². The minimum Gasteiger partial charge on any atom is -0.314 e. The Morgan fingerprint density at radius 1 is 1.42 bits per heavy atom. The van der Waals surface area contributed by atoms with Crippen LogP contribution in [-0.2, 0) is 0 Å². The Balaban J connectivity index is 2.20. The van der Waals surface area contributed by atoms with Gasteiger partial charge in [0.25, 0.3) is 0 Å². The highest BCUT2D eigenvalue weighted by Crippen LogP contribution is 2.40. The first-order valence-electron chi connectivity index (χ1n) is 5.23. The Hall–Kier alpha value is -0.0400. The molecule has 1 nitrogen and oxygen atoms in total. The van der Waals surface area contributed by atoms with Crippen LogP contribution in [0.3, 0.4) is 0 Å². The quantitative estimate of drug-likeness (QED) is 0.685. The molecule has 1 rings (SSSR count). The average Bonchev–Trinajstić information content (AvgIpc) is 2.26. The summed E-state index contributed by atoms with van der Waals surface area (Å²) < 4.78 is 0. The largest absolute Gasteiger partial charge is 0.314 e. The molecular weight excluding hydrogens is 146 g/mol. The molecule has 0 aromatic rings. The van der Waals surface area contributed by atoms with E-state index in [0.29, 0.717) is 11.5 Å². The summed E-state index contributed by atoms with van der Waals surface area (Å²) in [6.45, 7) is 10.5. The molecule has 0 aliphatic heterocycles. The summed E-state index contributed by atoms with van der Waals surface area (Å²) in [6.07, 6.45) is 4.25. The lowest BCUT2D eigenvalue weighted by Gasteiger charge is -2.18. The smallest absolute Gasteiger partial charge is 0.00104 e. The van der Waals surface area contributed by atoms with Crippen LogP contribution in [0, 0.1) is 11.3 Å². The van der Waals surface area contributed by atoms with E-state index in [0.717, 1.165) is 5.92 Å². The number of nitrogens with one attached hydrogen (secondary N) is 1. The Bertz CT molecular complexity index is 138. The van der Waals surface area contributed by atoms with Gasteiger partial charge in [0.1, 0.15) is 0 Å². The van der Waals surface area contributed by atoms with Gasteiger partial charge in [0.05, 0.1) is 0 Å². The molecule has 72 valence electrons. The van der Waals surface area contributed by atoms with E-state index < -0.39 is 0 Å². The molecule has 0 aromatic heterocycles. The predicted molar refractivity (Wildman–Crippen MR) is 54.3 cm³/mol. The highest BCUT2D eigenvalue weighted by molar-refractivity contribution is 4.83. The summed E-state index contributed by atoms with van der Waals surface area (Å²) in [7, 11) is 0. The lowest BCUT2D eigenvalue weighted by molar-refractivity contribution is 0.351. The first-order valence-corrected chi connectivity index (χ1v) is 5.23. The normalized spacial score (nSPS) is 28.2. The first-order chi connectivity index (χ1) is 5.49. The van der Waals surface area contributed by atoms with Crippen molar-refractivity contribution in [3.63, 3.8) is 0 Å². The van der Waals surface area contributed by atoms with Gasteiger partial charge in [-0.05, 0) is 37.1 Å². The van der Waals surface area contributed by atoms with Crippen molar-refractivity contribution >= 4 is 0 Å². The molecule has 12 heavy (non-hydrogen) atoms. The zero-order valence-corrected chi connectivity index (χ0v) is 8.98. The molecule has 0 saturated heterocycles. The molecule has 0 radical (unpaired) electrons. The van der Waals surface area contributed by atoms with Crippen LogP contribution in [0.15, 0.2) is 0 Å². The van der Waals surface area contributed by atoms with Crippen molar-refractivity contribution in [3.8, 4) is 0 Å². The van der Waals surface area contributed by atoms with Gasteiger partial charge in [-0.1, -0.05) is 27.7 Å². The first kappa shape index (κ1) is 10.0. The molecule has 1 aliphatic carbocycles. The highest BCUT2D eigenvalue weighted by atomic mass is 14.9. The van der Waals surface area contributed by atoms with Crippen LogP contribution in [0.2, 0.25) is 0 Å². The number of hydrogen-bond acceptors (Lipinski definition) is 1. The monoisotopic (exact) mass is 169 g/mol. The van der Waals surface area contributed by atoms with Crippen molar-refractivity contribution in [1.82, 2.24) is 5.32 Å². The molecule has 1 heteroatoms. The molecule has 1 fully saturated rings. The summed E-state index contributed by atoms with van der Waals surface area (Å²) in [5, 5.41) is 3.53. The van der Waals surface area contributed by atoms with Crippen molar-refractivity contribution in [2.45, 2.75) is 53.0 Å². The van der Waals surface area contributed by atoms with Gasteiger partial charge in [-0.25, -0.2) is 0 Å². The van der Waals surface area contributed by atoms with E-state index >= 15 is 0 Å². The lowest BCUT2D eigenvalue weighted by Crippen LogP contribution is -2.28. The van der Waals surface area contributed by atoms with E-state index in [1.807, 2.05) is 0 Å². The Labute approximate surface area is 76.9 Å². The van der Waals surface area contributed by atoms with Gasteiger partial charge in [-0.15, -0.1) is 0 Å². The molecule has 1 N–H and O–H groups in total. The number of rotatable bonds is 3. The van der Waals surface area contributed by atoms with Crippen molar-refractivity contribution in [2.24, 2.45) is 11.3 Å². The highest BCUT2D eigenvalue weighted by Gasteiger charge is 2.30. The van der Waals surface area contributed by atoms with Crippen LogP contribution >= 0.6 is 0 Å². The summed E-state index contributed by atoms with van der Waals surface area (Å²) >= 11 is 0. The van der Waals surface area contributed by atoms with Gasteiger partial charge >= 0.3 is 0 Å². The molecule has 1 aliphatic rings. The van der Waals surface area contributed by atoms with Crippen molar-refractivity contribution < 1.29 is 0 Å². The van der Waals surface area contributed by atoms with E-state index in [1.54, 1.807) is 0 Å². The summed E-state index contributed by atoms with van der Waals surface area (Å²) in [5.41, 5.74) is 0.614. The fourth-order valence-corrected chi connectivity index (χ4v) is 2.16. The Morgan fingerprint density at radius 2 is 2.08 bits per heavy atom. The van der Waals surface area contributed by atoms with Crippen LogP contribution in [0.4, 0.5) is 0 Å². The molecular formula is C11H23N. The third-order valence-corrected chi connectivity index (χ3v) is 2.89. The average molecular weight is 169 g/mol. The summed E-state index contributed by atoms with van der Waals surface area (Å²) in [5.74, 6) is 0.933. The van der Waals surface area contributed by atoms with E-state index in [2.05, 4.69) is 33.0 Å². The molecule has 0 heterocycles. The van der Waals surface area contributed by atoms with E-state index in [1.165, 1.54) is 25.8 Å². The minimum atomic E-state index is 0.614. The Morgan fingerprint density at radius 3 is 2.50 bits per heavy atom. The van der Waals surface area contributed by atoms with Crippen LogP contribution in [-0.4, -0.2) is 12.6 Å². The summed E-state index contributed by atoms with van der Waals surface area (Å²) in [4.78, 5) is 0. The van der Waals surface area contributed by atoms with Crippen LogP contribution < -0.4 is 5.32 Å². The van der Waals surface area contributed by atoms with Crippen LogP contribution in [0.5, 0.6) is 0 Å². The van der Waals surface area contributed by atoms with Crippen LogP contribution in [0.1, 0.15) is 47.0 Å². The molecule has 1 unspecified atom stereocenters. The van der Waals surface area contributed by atoms with Crippen molar-refractivity contribution in [1.29, 1.82) is 0 Å². The topological polar surface area (TPSA) is 12.0 Å². The maximum absolute atomic E-state index is 3.53. The SMILES string of the molecule is CC(C)NCC1CCC(C)(C)C1. The van der Waals surface area contributed by atoms with Gasteiger partial charge in [0.15, 0.2) is 0 Å². The zero-order valence-electron chi connectivity index (χ0n) is 8.98. The third kappa shape index (κ3) is 3.14. The Kier molecular flexibility index (Phi) is 3.16. The molecule has 1 saturated carbocycles. The fourth-order valence-electron chi connectivity index (χ4n) is 2.16. The van der Waals surface area contributed by atoms with E-state index in [4.69, 9.17) is 0 Å². The van der Waals surface area contributed by atoms with Gasteiger partial charge in [0, 0.05) is 6.04 Å².